The van der Waals surface area contributed by atoms with Gasteiger partial charge < -0.3 is 29.6 Å². The number of aromatic amines is 4. The largest absolute Gasteiger partial charge is 0.343 e. The number of H-pyrrole nitrogens is 4. The number of likely N-dealkylation sites (tertiary alicyclic amines) is 2. The van der Waals surface area contributed by atoms with Crippen molar-refractivity contribution in [2.24, 2.45) is 22.7 Å². The highest BCUT2D eigenvalue weighted by atomic mass is 79.9. The second-order valence-corrected chi connectivity index (χ2v) is 30.1. The topological polar surface area (TPSA) is 204 Å². The lowest BCUT2D eigenvalue weighted by molar-refractivity contribution is -0.142. The molecule has 16 nitrogen and oxygen atoms in total. The smallest absolute Gasteiger partial charge is 0.251 e. The van der Waals surface area contributed by atoms with Gasteiger partial charge in [-0.15, -0.1) is 22.7 Å². The van der Waals surface area contributed by atoms with Crippen molar-refractivity contribution >= 4 is 144 Å². The first-order valence-electron chi connectivity index (χ1n) is 28.0. The zero-order valence-electron chi connectivity index (χ0n) is 46.7. The van der Waals surface area contributed by atoms with Crippen LogP contribution < -0.4 is 11.1 Å². The molecule has 432 valence electrons. The monoisotopic (exact) mass is 1310 g/mol. The van der Waals surface area contributed by atoms with Gasteiger partial charge in [0.25, 0.3) is 11.1 Å². The molecular weight excluding hydrogens is 1250 g/mol. The number of nitrogens with zero attached hydrogens (tertiary/aromatic N) is 6. The van der Waals surface area contributed by atoms with Crippen LogP contribution in [-0.2, 0) is 45.1 Å². The van der Waals surface area contributed by atoms with Crippen LogP contribution in [0, 0.1) is 22.7 Å². The highest BCUT2D eigenvalue weighted by molar-refractivity contribution is 9.11. The summed E-state index contributed by atoms with van der Waals surface area (Å²) in [6, 6.07) is 9.77. The molecule has 4 aliphatic heterocycles. The Balaban J connectivity index is 0.000000172. The van der Waals surface area contributed by atoms with Crippen LogP contribution in [0.25, 0.3) is 42.2 Å². The standard InChI is InChI=1S/2C30H33BrClN5O3S/c1-30(2,3)15-37-14-21-17(9-22(32)27-20(21)13-33-35-27)8-18(29(37)40)10-26(38)36-6-4-16(5-7-36)19-11-24-23(34-28(19)39)12-25(31)41-24;1-30(2,3)15-37-13-21-17(9-23(32)26-20(21)12-33-35-26)8-18(29(37)40)10-25(38)36-6-4-16(5-7-36)19-11-24-27(34-28(19)39)22(31)14-41-24/h9,11-13,16,18H,4-8,10,14-15H2,1-3H3,(H,33,35)(H,34,39);9,11-12,14,16,18H,4-8,10,13,15H2,1-3H3,(H,33,35)(H,34,39)/t2*18-/m00/s1. The minimum Gasteiger partial charge on any atom is -0.343 e. The minimum absolute atomic E-state index is 0.00840. The van der Waals surface area contributed by atoms with Crippen molar-refractivity contribution < 1.29 is 19.2 Å². The summed E-state index contributed by atoms with van der Waals surface area (Å²) in [7, 11) is 0. The lowest BCUT2D eigenvalue weighted by Gasteiger charge is -2.34. The average Bonchev–Trinajstić information content (AvgIpc) is 3.83. The number of piperidine rings is 2. The number of rotatable bonds is 8. The van der Waals surface area contributed by atoms with Crippen LogP contribution in [0.3, 0.4) is 0 Å². The van der Waals surface area contributed by atoms with Gasteiger partial charge in [0.15, 0.2) is 0 Å². The molecule has 22 heteroatoms. The van der Waals surface area contributed by atoms with Gasteiger partial charge in [0.1, 0.15) is 0 Å². The SMILES string of the molecule is CC(C)(C)CN1Cc2c(cc(Cl)c3[nH]ncc23)C[C@@H](CC(=O)N2CCC(c3cc4sc(Br)cc4[nH]c3=O)CC2)C1=O.CC(C)(C)CN1Cc2c(cc(Cl)c3[nH]ncc23)C[C@@H](CC(=O)N2CCC(c3cc4scc(Br)c4[nH]c3=O)CC2)C1=O. The van der Waals surface area contributed by atoms with Gasteiger partial charge in [-0.1, -0.05) is 64.7 Å². The first-order valence-corrected chi connectivity index (χ1v) is 32.0. The summed E-state index contributed by atoms with van der Waals surface area (Å²) in [5, 5.41) is 19.3. The third-order valence-electron chi connectivity index (χ3n) is 16.6. The first kappa shape index (κ1) is 58.4. The number of benzene rings is 2. The van der Waals surface area contributed by atoms with Crippen LogP contribution in [0.4, 0.5) is 0 Å². The Morgan fingerprint density at radius 1 is 0.634 bits per heavy atom. The van der Waals surface area contributed by atoms with Crippen molar-refractivity contribution in [2.45, 2.75) is 118 Å². The van der Waals surface area contributed by atoms with E-state index in [1.165, 1.54) is 0 Å². The van der Waals surface area contributed by atoms with Crippen LogP contribution in [0.1, 0.15) is 125 Å². The molecule has 8 aromatic rings. The van der Waals surface area contributed by atoms with Crippen LogP contribution in [0.2, 0.25) is 10.0 Å². The summed E-state index contributed by atoms with van der Waals surface area (Å²) >= 11 is 23.3. The molecule has 82 heavy (non-hydrogen) atoms. The number of thiophene rings is 2. The molecule has 2 aromatic carbocycles. The van der Waals surface area contributed by atoms with Gasteiger partial charge in [0.2, 0.25) is 23.6 Å². The Morgan fingerprint density at radius 2 is 1.09 bits per heavy atom. The van der Waals surface area contributed by atoms with Crippen molar-refractivity contribution in [2.75, 3.05) is 39.3 Å². The maximum atomic E-state index is 13.9. The summed E-state index contributed by atoms with van der Waals surface area (Å²) in [5.41, 5.74) is 8.58. The molecule has 0 bridgehead atoms. The molecular formula is C60H66Br2Cl2N10O6S2. The molecule has 10 heterocycles. The van der Waals surface area contributed by atoms with E-state index in [1.54, 1.807) is 35.1 Å². The fraction of sp³-hybridized carbons (Fsp3) is 0.467. The van der Waals surface area contributed by atoms with Crippen LogP contribution in [0.15, 0.2) is 66.0 Å². The molecule has 2 fully saturated rings. The Labute approximate surface area is 509 Å². The number of pyridine rings is 2. The van der Waals surface area contributed by atoms with Gasteiger partial charge >= 0.3 is 0 Å². The van der Waals surface area contributed by atoms with Gasteiger partial charge in [0, 0.05) is 92.5 Å². The summed E-state index contributed by atoms with van der Waals surface area (Å²) in [6.45, 7) is 17.1. The Hall–Kier alpha value is -5.38. The Morgan fingerprint density at radius 3 is 1.55 bits per heavy atom. The summed E-state index contributed by atoms with van der Waals surface area (Å²) in [5.74, 6) is -0.741. The van der Waals surface area contributed by atoms with E-state index in [4.69, 9.17) is 23.2 Å². The highest BCUT2D eigenvalue weighted by Crippen LogP contribution is 2.40. The maximum absolute atomic E-state index is 13.9. The van der Waals surface area contributed by atoms with E-state index in [2.05, 4.69) is 104 Å². The average molecular weight is 1320 g/mol. The number of carbonyl (C=O) groups excluding carboxylic acids is 4. The fourth-order valence-electron chi connectivity index (χ4n) is 12.7. The maximum Gasteiger partial charge on any atom is 0.251 e. The zero-order valence-corrected chi connectivity index (χ0v) is 53.0. The highest BCUT2D eigenvalue weighted by Gasteiger charge is 2.38. The molecule has 2 saturated heterocycles. The van der Waals surface area contributed by atoms with E-state index in [0.29, 0.717) is 75.2 Å². The molecule has 0 aliphatic carbocycles. The van der Waals surface area contributed by atoms with Gasteiger partial charge in [-0.25, -0.2) is 0 Å². The van der Waals surface area contributed by atoms with Crippen LogP contribution in [-0.4, -0.2) is 113 Å². The molecule has 4 N–H and O–H groups in total. The molecule has 2 atom stereocenters. The number of halogens is 4. The third-order valence-corrected chi connectivity index (χ3v) is 20.6. The number of amides is 4. The van der Waals surface area contributed by atoms with Crippen molar-refractivity contribution in [3.8, 4) is 0 Å². The van der Waals surface area contributed by atoms with E-state index in [1.807, 2.05) is 55.3 Å². The number of fused-ring (bicyclic) bond motifs is 8. The minimum atomic E-state index is -0.466. The molecule has 0 saturated carbocycles. The molecule has 0 radical (unpaired) electrons. The van der Waals surface area contributed by atoms with Crippen LogP contribution in [0.5, 0.6) is 0 Å². The van der Waals surface area contributed by atoms with Crippen molar-refractivity contribution in [3.63, 3.8) is 0 Å². The number of hydrogen-bond acceptors (Lipinski definition) is 10. The molecule has 0 spiro atoms. The van der Waals surface area contributed by atoms with E-state index in [0.717, 1.165) is 110 Å². The zero-order chi connectivity index (χ0) is 58.1. The lowest BCUT2D eigenvalue weighted by atomic mass is 9.89. The number of nitrogens with one attached hydrogen (secondary N) is 4. The van der Waals surface area contributed by atoms with E-state index >= 15 is 0 Å². The Bertz CT molecular complexity index is 3760. The summed E-state index contributed by atoms with van der Waals surface area (Å²) in [4.78, 5) is 94.2. The van der Waals surface area contributed by atoms with Gasteiger partial charge in [0.05, 0.1) is 74.0 Å². The summed E-state index contributed by atoms with van der Waals surface area (Å²) in [6.07, 6.45) is 7.66. The van der Waals surface area contributed by atoms with Crippen LogP contribution >= 0.6 is 77.7 Å². The van der Waals surface area contributed by atoms with Gasteiger partial charge in [-0.3, -0.25) is 39.0 Å². The van der Waals surface area contributed by atoms with Crippen molar-refractivity contribution in [1.82, 2.24) is 50.0 Å². The molecule has 0 unspecified atom stereocenters. The van der Waals surface area contributed by atoms with Crippen molar-refractivity contribution in [3.05, 3.63) is 120 Å². The molecule has 4 amide bonds. The van der Waals surface area contributed by atoms with E-state index in [-0.39, 0.29) is 70.3 Å². The third kappa shape index (κ3) is 12.3. The van der Waals surface area contributed by atoms with Gasteiger partial charge in [-0.05, 0) is 146 Å². The second kappa shape index (κ2) is 23.2. The number of hydrogen-bond donors (Lipinski definition) is 4. The Kier molecular flexibility index (Phi) is 16.5. The normalized spacial score (nSPS) is 18.8. The second-order valence-electron chi connectivity index (χ2n) is 25.1. The number of aromatic nitrogens is 6. The fourth-order valence-corrected chi connectivity index (χ4v) is 16.4. The quantitative estimate of drug-likeness (QED) is 0.115. The molecule has 12 rings (SSSR count). The lowest BCUT2D eigenvalue weighted by Crippen LogP contribution is -2.43. The number of carbonyl (C=O) groups is 4. The van der Waals surface area contributed by atoms with Gasteiger partial charge in [-0.2, -0.15) is 10.2 Å². The predicted molar refractivity (Wildman–Crippen MR) is 333 cm³/mol. The van der Waals surface area contributed by atoms with E-state index < -0.39 is 11.8 Å². The molecule has 6 aromatic heterocycles. The van der Waals surface area contributed by atoms with E-state index in [9.17, 15) is 28.8 Å². The molecule has 4 aliphatic rings. The summed E-state index contributed by atoms with van der Waals surface area (Å²) < 4.78 is 3.97. The van der Waals surface area contributed by atoms with Crippen molar-refractivity contribution in [1.29, 1.82) is 0 Å². The predicted octanol–water partition coefficient (Wildman–Crippen LogP) is 12.5. The first-order chi connectivity index (χ1) is 38.9.